The molecule has 1 saturated carbocycles. The summed E-state index contributed by atoms with van der Waals surface area (Å²) in [6.45, 7) is 4.41. The summed E-state index contributed by atoms with van der Waals surface area (Å²) in [5.41, 5.74) is 0. The van der Waals surface area contributed by atoms with Gasteiger partial charge in [0.25, 0.3) is 0 Å². The smallest absolute Gasteiger partial charge is 0.308 e. The number of carbonyl (C=O) groups is 1. The molecule has 1 rings (SSSR count). The van der Waals surface area contributed by atoms with E-state index in [0.29, 0.717) is 12.5 Å². The van der Waals surface area contributed by atoms with Gasteiger partial charge in [0.2, 0.25) is 0 Å². The molecule has 0 aliphatic heterocycles. The van der Waals surface area contributed by atoms with E-state index in [-0.39, 0.29) is 11.9 Å². The Bertz CT molecular complexity index is 157. The van der Waals surface area contributed by atoms with Crippen LogP contribution in [0.3, 0.4) is 0 Å². The second kappa shape index (κ2) is 5.25. The number of carbonyl (C=O) groups excluding carboxylic acids is 1. The number of rotatable bonds is 3. The predicted molar refractivity (Wildman–Crippen MR) is 52.4 cm³/mol. The summed E-state index contributed by atoms with van der Waals surface area (Å²) in [6, 6.07) is 0. The zero-order valence-electron chi connectivity index (χ0n) is 8.71. The van der Waals surface area contributed by atoms with Crippen LogP contribution in [0, 0.1) is 11.8 Å². The highest BCUT2D eigenvalue weighted by molar-refractivity contribution is 5.71. The highest BCUT2D eigenvalue weighted by Crippen LogP contribution is 2.23. The molecule has 0 bridgehead atoms. The first-order chi connectivity index (χ1) is 6.20. The van der Waals surface area contributed by atoms with Gasteiger partial charge in [-0.05, 0) is 18.8 Å². The molecular weight excluding hydrogens is 164 g/mol. The molecular formula is C11H20O2. The van der Waals surface area contributed by atoms with E-state index in [2.05, 4.69) is 0 Å². The molecule has 0 N–H and O–H groups in total. The van der Waals surface area contributed by atoms with Gasteiger partial charge in [0.05, 0.1) is 12.5 Å². The maximum absolute atomic E-state index is 11.2. The molecule has 0 heterocycles. The first-order valence-electron chi connectivity index (χ1n) is 5.37. The van der Waals surface area contributed by atoms with Crippen molar-refractivity contribution in [3.8, 4) is 0 Å². The fourth-order valence-corrected chi connectivity index (χ4v) is 1.72. The Hall–Kier alpha value is -0.530. The van der Waals surface area contributed by atoms with Crippen LogP contribution in [0.4, 0.5) is 0 Å². The minimum Gasteiger partial charge on any atom is -0.465 e. The summed E-state index contributed by atoms with van der Waals surface area (Å²) < 4.78 is 5.20. The van der Waals surface area contributed by atoms with Crippen molar-refractivity contribution in [2.24, 2.45) is 11.8 Å². The summed E-state index contributed by atoms with van der Waals surface area (Å²) in [5, 5.41) is 0. The first-order valence-corrected chi connectivity index (χ1v) is 5.37. The SMILES string of the molecule is CC(C)C(=O)OCC1CCCCC1. The Morgan fingerprint density at radius 2 is 1.92 bits per heavy atom. The lowest BCUT2D eigenvalue weighted by Crippen LogP contribution is -2.19. The third-order valence-corrected chi connectivity index (χ3v) is 2.66. The van der Waals surface area contributed by atoms with Gasteiger partial charge in [-0.2, -0.15) is 0 Å². The molecule has 76 valence electrons. The normalized spacial score (nSPS) is 19.0. The van der Waals surface area contributed by atoms with Crippen molar-refractivity contribution in [2.45, 2.75) is 46.0 Å². The van der Waals surface area contributed by atoms with Crippen LogP contribution in [0.2, 0.25) is 0 Å². The van der Waals surface area contributed by atoms with Crippen LogP contribution in [-0.2, 0) is 9.53 Å². The lowest BCUT2D eigenvalue weighted by Gasteiger charge is -2.21. The molecule has 1 aliphatic carbocycles. The molecule has 0 aromatic heterocycles. The zero-order valence-corrected chi connectivity index (χ0v) is 8.71. The van der Waals surface area contributed by atoms with Gasteiger partial charge in [-0.15, -0.1) is 0 Å². The quantitative estimate of drug-likeness (QED) is 0.630. The van der Waals surface area contributed by atoms with Crippen LogP contribution in [0.5, 0.6) is 0 Å². The van der Waals surface area contributed by atoms with Crippen molar-refractivity contribution in [3.63, 3.8) is 0 Å². The Labute approximate surface area is 80.7 Å². The van der Waals surface area contributed by atoms with E-state index in [9.17, 15) is 4.79 Å². The van der Waals surface area contributed by atoms with Crippen LogP contribution in [0.25, 0.3) is 0 Å². The van der Waals surface area contributed by atoms with Crippen LogP contribution in [0.15, 0.2) is 0 Å². The fourth-order valence-electron chi connectivity index (χ4n) is 1.72. The van der Waals surface area contributed by atoms with Crippen LogP contribution in [-0.4, -0.2) is 12.6 Å². The first kappa shape index (κ1) is 10.6. The summed E-state index contributed by atoms with van der Waals surface area (Å²) >= 11 is 0. The van der Waals surface area contributed by atoms with Gasteiger partial charge in [0.15, 0.2) is 0 Å². The van der Waals surface area contributed by atoms with Gasteiger partial charge in [0, 0.05) is 0 Å². The topological polar surface area (TPSA) is 26.3 Å². The highest BCUT2D eigenvalue weighted by Gasteiger charge is 2.16. The van der Waals surface area contributed by atoms with E-state index < -0.39 is 0 Å². The van der Waals surface area contributed by atoms with Crippen molar-refractivity contribution < 1.29 is 9.53 Å². The predicted octanol–water partition coefficient (Wildman–Crippen LogP) is 2.77. The third-order valence-electron chi connectivity index (χ3n) is 2.66. The molecule has 1 aliphatic rings. The van der Waals surface area contributed by atoms with Gasteiger partial charge in [0.1, 0.15) is 0 Å². The Balaban J connectivity index is 2.13. The van der Waals surface area contributed by atoms with Gasteiger partial charge in [-0.1, -0.05) is 33.1 Å². The van der Waals surface area contributed by atoms with Crippen molar-refractivity contribution in [2.75, 3.05) is 6.61 Å². The molecule has 0 aromatic carbocycles. The molecule has 0 aromatic rings. The maximum Gasteiger partial charge on any atom is 0.308 e. The molecule has 0 spiro atoms. The minimum atomic E-state index is -0.0504. The van der Waals surface area contributed by atoms with Crippen molar-refractivity contribution in [1.82, 2.24) is 0 Å². The average Bonchev–Trinajstić information content (AvgIpc) is 2.15. The van der Waals surface area contributed by atoms with E-state index in [4.69, 9.17) is 4.74 Å². The molecule has 2 nitrogen and oxygen atoms in total. The molecule has 0 unspecified atom stereocenters. The third kappa shape index (κ3) is 3.79. The molecule has 0 amide bonds. The summed E-state index contributed by atoms with van der Waals surface area (Å²) in [4.78, 5) is 11.2. The Morgan fingerprint density at radius 3 is 2.46 bits per heavy atom. The lowest BCUT2D eigenvalue weighted by molar-refractivity contribution is -0.149. The lowest BCUT2D eigenvalue weighted by atomic mass is 9.90. The van der Waals surface area contributed by atoms with Gasteiger partial charge < -0.3 is 4.74 Å². The van der Waals surface area contributed by atoms with Crippen molar-refractivity contribution >= 4 is 5.97 Å². The summed E-state index contributed by atoms with van der Waals surface area (Å²) in [5.74, 6) is 0.602. The molecule has 2 heteroatoms. The number of hydrogen-bond donors (Lipinski definition) is 0. The second-order valence-corrected chi connectivity index (χ2v) is 4.29. The summed E-state index contributed by atoms with van der Waals surface area (Å²) in [6.07, 6.45) is 6.46. The Kier molecular flexibility index (Phi) is 4.26. The van der Waals surface area contributed by atoms with Crippen LogP contribution in [0.1, 0.15) is 46.0 Å². The largest absolute Gasteiger partial charge is 0.465 e. The molecule has 0 atom stereocenters. The number of esters is 1. The van der Waals surface area contributed by atoms with E-state index >= 15 is 0 Å². The van der Waals surface area contributed by atoms with Gasteiger partial charge in [-0.25, -0.2) is 0 Å². The van der Waals surface area contributed by atoms with Crippen LogP contribution >= 0.6 is 0 Å². The summed E-state index contributed by atoms with van der Waals surface area (Å²) in [7, 11) is 0. The molecule has 0 saturated heterocycles. The van der Waals surface area contributed by atoms with E-state index in [1.54, 1.807) is 0 Å². The zero-order chi connectivity index (χ0) is 9.68. The second-order valence-electron chi connectivity index (χ2n) is 4.29. The van der Waals surface area contributed by atoms with Gasteiger partial charge in [-0.3, -0.25) is 4.79 Å². The fraction of sp³-hybridized carbons (Fsp3) is 0.909. The van der Waals surface area contributed by atoms with Crippen molar-refractivity contribution in [3.05, 3.63) is 0 Å². The molecule has 1 fully saturated rings. The van der Waals surface area contributed by atoms with E-state index in [1.807, 2.05) is 13.8 Å². The minimum absolute atomic E-state index is 0.0172. The highest BCUT2D eigenvalue weighted by atomic mass is 16.5. The number of hydrogen-bond acceptors (Lipinski definition) is 2. The van der Waals surface area contributed by atoms with E-state index in [1.165, 1.54) is 32.1 Å². The monoisotopic (exact) mass is 184 g/mol. The van der Waals surface area contributed by atoms with Gasteiger partial charge >= 0.3 is 5.97 Å². The molecule has 0 radical (unpaired) electrons. The van der Waals surface area contributed by atoms with Crippen molar-refractivity contribution in [1.29, 1.82) is 0 Å². The maximum atomic E-state index is 11.2. The number of ether oxygens (including phenoxy) is 1. The van der Waals surface area contributed by atoms with E-state index in [0.717, 1.165) is 0 Å². The average molecular weight is 184 g/mol. The Morgan fingerprint density at radius 1 is 1.31 bits per heavy atom. The standard InChI is InChI=1S/C11H20O2/c1-9(2)11(12)13-8-10-6-4-3-5-7-10/h9-10H,3-8H2,1-2H3. The molecule has 13 heavy (non-hydrogen) atoms. The van der Waals surface area contributed by atoms with Crippen LogP contribution < -0.4 is 0 Å².